The van der Waals surface area contributed by atoms with Gasteiger partial charge in [0.15, 0.2) is 11.8 Å². The molecule has 2 aromatic rings. The monoisotopic (exact) mass is 370 g/mol. The van der Waals surface area contributed by atoms with Crippen LogP contribution >= 0.6 is 0 Å². The fraction of sp³-hybridized carbons (Fsp3) is 0.550. The molecule has 0 atom stereocenters. The minimum absolute atomic E-state index is 0.546. The second-order valence-electron chi connectivity index (χ2n) is 6.71. The standard InChI is InChI=1S/C20H30N6O/c1-3-21-20(22-13-12-16-8-10-17(27-2)11-9-16)23-15-19-25-24-18-7-5-4-6-14-26(18)19/h8-11H,3-7,12-15H2,1-2H3,(H2,21,22,23). The molecule has 0 fully saturated rings. The Morgan fingerprint density at radius 2 is 2.00 bits per heavy atom. The normalized spacial score (nSPS) is 14.4. The van der Waals surface area contributed by atoms with E-state index in [4.69, 9.17) is 9.73 Å². The number of benzene rings is 1. The molecule has 1 aromatic heterocycles. The zero-order valence-electron chi connectivity index (χ0n) is 16.4. The molecule has 1 aromatic carbocycles. The molecule has 3 rings (SSSR count). The van der Waals surface area contributed by atoms with Gasteiger partial charge in [0, 0.05) is 26.1 Å². The first-order valence-electron chi connectivity index (χ1n) is 9.86. The van der Waals surface area contributed by atoms with E-state index in [-0.39, 0.29) is 0 Å². The van der Waals surface area contributed by atoms with Crippen molar-refractivity contribution >= 4 is 5.96 Å². The van der Waals surface area contributed by atoms with Gasteiger partial charge in [-0.15, -0.1) is 10.2 Å². The first-order chi connectivity index (χ1) is 13.3. The van der Waals surface area contributed by atoms with Crippen LogP contribution in [0.1, 0.15) is 43.4 Å². The van der Waals surface area contributed by atoms with Gasteiger partial charge in [0.25, 0.3) is 0 Å². The summed E-state index contributed by atoms with van der Waals surface area (Å²) in [6, 6.07) is 8.17. The zero-order valence-corrected chi connectivity index (χ0v) is 16.4. The number of hydrogen-bond donors (Lipinski definition) is 2. The van der Waals surface area contributed by atoms with Crippen LogP contribution in [0, 0.1) is 0 Å². The zero-order chi connectivity index (χ0) is 18.9. The van der Waals surface area contributed by atoms with Gasteiger partial charge in [0.2, 0.25) is 0 Å². The van der Waals surface area contributed by atoms with E-state index < -0.39 is 0 Å². The van der Waals surface area contributed by atoms with Crippen molar-refractivity contribution < 1.29 is 4.74 Å². The molecule has 146 valence electrons. The van der Waals surface area contributed by atoms with Crippen LogP contribution in [0.25, 0.3) is 0 Å². The molecule has 0 saturated heterocycles. The SMILES string of the molecule is CCNC(=NCc1nnc2n1CCCCC2)NCCc1ccc(OC)cc1. The molecule has 2 heterocycles. The molecule has 0 bridgehead atoms. The topological polar surface area (TPSA) is 76.4 Å². The van der Waals surface area contributed by atoms with Crippen LogP contribution in [0.3, 0.4) is 0 Å². The van der Waals surface area contributed by atoms with Gasteiger partial charge < -0.3 is 19.9 Å². The van der Waals surface area contributed by atoms with Gasteiger partial charge >= 0.3 is 0 Å². The Hall–Kier alpha value is -2.57. The van der Waals surface area contributed by atoms with Crippen molar-refractivity contribution in [1.29, 1.82) is 0 Å². The van der Waals surface area contributed by atoms with E-state index >= 15 is 0 Å². The Morgan fingerprint density at radius 1 is 1.15 bits per heavy atom. The summed E-state index contributed by atoms with van der Waals surface area (Å²) in [5, 5.41) is 15.4. The van der Waals surface area contributed by atoms with Crippen molar-refractivity contribution in [3.05, 3.63) is 41.5 Å². The van der Waals surface area contributed by atoms with Gasteiger partial charge in [-0.25, -0.2) is 4.99 Å². The van der Waals surface area contributed by atoms with E-state index in [1.807, 2.05) is 12.1 Å². The van der Waals surface area contributed by atoms with Crippen molar-refractivity contribution in [1.82, 2.24) is 25.4 Å². The van der Waals surface area contributed by atoms with Crippen LogP contribution in [0.15, 0.2) is 29.3 Å². The number of fused-ring (bicyclic) bond motifs is 1. The quantitative estimate of drug-likeness (QED) is 0.578. The summed E-state index contributed by atoms with van der Waals surface area (Å²) >= 11 is 0. The van der Waals surface area contributed by atoms with Crippen LogP contribution in [-0.4, -0.2) is 40.9 Å². The summed E-state index contributed by atoms with van der Waals surface area (Å²) in [7, 11) is 1.68. The molecule has 0 spiro atoms. The van der Waals surface area contributed by atoms with Crippen molar-refractivity contribution in [3.8, 4) is 5.75 Å². The van der Waals surface area contributed by atoms with E-state index in [0.717, 1.165) is 55.8 Å². The summed E-state index contributed by atoms with van der Waals surface area (Å²) < 4.78 is 7.45. The highest BCUT2D eigenvalue weighted by atomic mass is 16.5. The second kappa shape index (κ2) is 9.94. The van der Waals surface area contributed by atoms with Gasteiger partial charge in [0.05, 0.1) is 7.11 Å². The van der Waals surface area contributed by atoms with E-state index in [1.165, 1.54) is 24.8 Å². The average Bonchev–Trinajstić information content (AvgIpc) is 2.92. The van der Waals surface area contributed by atoms with Crippen LogP contribution in [0.2, 0.25) is 0 Å². The van der Waals surface area contributed by atoms with Gasteiger partial charge in [-0.05, 0) is 43.9 Å². The minimum atomic E-state index is 0.546. The lowest BCUT2D eigenvalue weighted by molar-refractivity contribution is 0.414. The van der Waals surface area contributed by atoms with Crippen molar-refractivity contribution in [2.75, 3.05) is 20.2 Å². The molecule has 27 heavy (non-hydrogen) atoms. The third-order valence-electron chi connectivity index (χ3n) is 4.77. The molecule has 2 N–H and O–H groups in total. The maximum Gasteiger partial charge on any atom is 0.191 e. The number of aromatic nitrogens is 3. The minimum Gasteiger partial charge on any atom is -0.497 e. The lowest BCUT2D eigenvalue weighted by Gasteiger charge is -2.12. The van der Waals surface area contributed by atoms with Gasteiger partial charge in [-0.2, -0.15) is 0 Å². The highest BCUT2D eigenvalue weighted by molar-refractivity contribution is 5.79. The predicted molar refractivity (Wildman–Crippen MR) is 107 cm³/mol. The summed E-state index contributed by atoms with van der Waals surface area (Å²) in [6.45, 7) is 5.27. The van der Waals surface area contributed by atoms with Gasteiger partial charge in [-0.1, -0.05) is 18.6 Å². The third-order valence-corrected chi connectivity index (χ3v) is 4.77. The van der Waals surface area contributed by atoms with Crippen LogP contribution in [0.5, 0.6) is 5.75 Å². The molecule has 1 aliphatic rings. The molecule has 7 nitrogen and oxygen atoms in total. The molecular weight excluding hydrogens is 340 g/mol. The summed E-state index contributed by atoms with van der Waals surface area (Å²) in [5.74, 6) is 3.76. The Kier molecular flexibility index (Phi) is 7.07. The van der Waals surface area contributed by atoms with Crippen LogP contribution in [0.4, 0.5) is 0 Å². The van der Waals surface area contributed by atoms with Crippen molar-refractivity contribution in [2.24, 2.45) is 4.99 Å². The number of guanidine groups is 1. The molecule has 0 unspecified atom stereocenters. The lowest BCUT2D eigenvalue weighted by Crippen LogP contribution is -2.38. The molecule has 1 aliphatic heterocycles. The van der Waals surface area contributed by atoms with E-state index in [9.17, 15) is 0 Å². The lowest BCUT2D eigenvalue weighted by atomic mass is 10.1. The van der Waals surface area contributed by atoms with Crippen molar-refractivity contribution in [2.45, 2.75) is 52.1 Å². The number of aliphatic imine (C=N–C) groups is 1. The van der Waals surface area contributed by atoms with Crippen molar-refractivity contribution in [3.63, 3.8) is 0 Å². The van der Waals surface area contributed by atoms with E-state index in [2.05, 4.69) is 44.5 Å². The molecular formula is C20H30N6O. The Balaban J connectivity index is 1.55. The summed E-state index contributed by atoms with van der Waals surface area (Å²) in [6.07, 6.45) is 5.62. The first-order valence-corrected chi connectivity index (χ1v) is 9.86. The smallest absolute Gasteiger partial charge is 0.191 e. The fourth-order valence-electron chi connectivity index (χ4n) is 3.27. The highest BCUT2D eigenvalue weighted by Crippen LogP contribution is 2.15. The number of hydrogen-bond acceptors (Lipinski definition) is 4. The maximum absolute atomic E-state index is 5.20. The number of nitrogens with one attached hydrogen (secondary N) is 2. The van der Waals surface area contributed by atoms with E-state index in [1.54, 1.807) is 7.11 Å². The number of nitrogens with zero attached hydrogens (tertiary/aromatic N) is 4. The van der Waals surface area contributed by atoms with Crippen LogP contribution < -0.4 is 15.4 Å². The highest BCUT2D eigenvalue weighted by Gasteiger charge is 2.14. The molecule has 7 heteroatoms. The molecule has 0 radical (unpaired) electrons. The predicted octanol–water partition coefficient (Wildman–Crippen LogP) is 2.31. The Morgan fingerprint density at radius 3 is 2.78 bits per heavy atom. The molecule has 0 aliphatic carbocycles. The van der Waals surface area contributed by atoms with E-state index in [0.29, 0.717) is 6.54 Å². The second-order valence-corrected chi connectivity index (χ2v) is 6.71. The number of rotatable bonds is 7. The third kappa shape index (κ3) is 5.45. The maximum atomic E-state index is 5.20. The largest absolute Gasteiger partial charge is 0.497 e. The Bertz CT molecular complexity index is 737. The average molecular weight is 371 g/mol. The number of ether oxygens (including phenoxy) is 1. The summed E-state index contributed by atoms with van der Waals surface area (Å²) in [5.41, 5.74) is 1.27. The van der Waals surface area contributed by atoms with Crippen LogP contribution in [-0.2, 0) is 25.9 Å². The molecule has 0 saturated carbocycles. The number of methoxy groups -OCH3 is 1. The first kappa shape index (κ1) is 19.2. The number of aryl methyl sites for hydroxylation is 1. The fourth-order valence-corrected chi connectivity index (χ4v) is 3.27. The van der Waals surface area contributed by atoms with Gasteiger partial charge in [0.1, 0.15) is 18.1 Å². The summed E-state index contributed by atoms with van der Waals surface area (Å²) in [4.78, 5) is 4.70. The van der Waals surface area contributed by atoms with Gasteiger partial charge in [-0.3, -0.25) is 0 Å². The molecule has 0 amide bonds. The Labute approximate surface area is 161 Å².